The summed E-state index contributed by atoms with van der Waals surface area (Å²) in [7, 11) is -9.45. The van der Waals surface area contributed by atoms with Crippen LogP contribution in [0.2, 0.25) is 0 Å². The Morgan fingerprint density at radius 2 is 1.18 bits per heavy atom. The van der Waals surface area contributed by atoms with Gasteiger partial charge in [0, 0.05) is 32.7 Å². The van der Waals surface area contributed by atoms with E-state index in [1.165, 1.54) is 0 Å². The average molecular weight is 278 g/mol. The summed E-state index contributed by atoms with van der Waals surface area (Å²) in [6.07, 6.45) is 0. The third kappa shape index (κ3) is 5.61. The van der Waals surface area contributed by atoms with Crippen molar-refractivity contribution in [2.45, 2.75) is 6.92 Å². The van der Waals surface area contributed by atoms with Gasteiger partial charge in [0.25, 0.3) is 0 Å². The van der Waals surface area contributed by atoms with Crippen LogP contribution in [0.3, 0.4) is 0 Å². The topological polar surface area (TPSA) is 115 Å². The summed E-state index contributed by atoms with van der Waals surface area (Å²) in [6.45, 7) is 0.724. The summed E-state index contributed by atoms with van der Waals surface area (Å²) in [5.74, 6) is 0. The SMILES string of the molecule is C[C-](P(=O)(O)O)P(=O)(O)O.[Y]. The van der Waals surface area contributed by atoms with Crippen molar-refractivity contribution in [3.63, 3.8) is 0 Å². The van der Waals surface area contributed by atoms with Gasteiger partial charge >= 0.3 is 0 Å². The molecule has 0 aliphatic carbocycles. The van der Waals surface area contributed by atoms with Gasteiger partial charge in [-0.15, -0.1) is 0 Å². The van der Waals surface area contributed by atoms with Crippen molar-refractivity contribution in [2.24, 2.45) is 0 Å². The minimum atomic E-state index is -4.72. The van der Waals surface area contributed by atoms with Crippen molar-refractivity contribution in [1.29, 1.82) is 0 Å². The maximum atomic E-state index is 10.1. The first-order valence-electron chi connectivity index (χ1n) is 2.11. The first-order valence-corrected chi connectivity index (χ1v) is 5.34. The largest absolute Gasteiger partial charge is 0.346 e. The summed E-state index contributed by atoms with van der Waals surface area (Å²) in [6, 6.07) is 0. The van der Waals surface area contributed by atoms with Gasteiger partial charge in [0.2, 0.25) is 0 Å². The fraction of sp³-hybridized carbons (Fsp3) is 0.500. The molecule has 0 saturated carbocycles. The molecule has 0 aliphatic rings. The predicted molar refractivity (Wildman–Crippen MR) is 33.0 cm³/mol. The molecule has 0 unspecified atom stereocenters. The molecule has 0 saturated heterocycles. The molecule has 1 radical (unpaired) electrons. The van der Waals surface area contributed by atoms with Crippen LogP contribution in [0.1, 0.15) is 6.92 Å². The van der Waals surface area contributed by atoms with Crippen LogP contribution in [0.15, 0.2) is 0 Å². The molecule has 0 aromatic carbocycles. The molecule has 65 valence electrons. The third-order valence-electron chi connectivity index (χ3n) is 0.843. The van der Waals surface area contributed by atoms with Crippen LogP contribution in [0, 0.1) is 5.40 Å². The van der Waals surface area contributed by atoms with Crippen molar-refractivity contribution in [1.82, 2.24) is 0 Å². The zero-order valence-electron chi connectivity index (χ0n) is 5.58. The molecule has 9 heteroatoms. The molecular formula is C2H7O6P2Y-. The average Bonchev–Trinajstić information content (AvgIpc) is 1.59. The summed E-state index contributed by atoms with van der Waals surface area (Å²) in [4.78, 5) is 32.8. The second kappa shape index (κ2) is 4.59. The zero-order valence-corrected chi connectivity index (χ0v) is 10.2. The Kier molecular flexibility index (Phi) is 6.21. The Labute approximate surface area is 88.6 Å². The minimum absolute atomic E-state index is 0. The molecule has 4 N–H and O–H groups in total. The molecule has 11 heavy (non-hydrogen) atoms. The van der Waals surface area contributed by atoms with E-state index in [4.69, 9.17) is 19.6 Å². The van der Waals surface area contributed by atoms with E-state index in [0.717, 1.165) is 6.92 Å². The number of hydrogen-bond donors (Lipinski definition) is 4. The quantitative estimate of drug-likeness (QED) is 0.412. The summed E-state index contributed by atoms with van der Waals surface area (Å²) < 4.78 is 20.3. The Hall–Kier alpha value is 1.40. The van der Waals surface area contributed by atoms with E-state index in [0.29, 0.717) is 0 Å². The molecule has 0 bridgehead atoms. The molecule has 0 aliphatic heterocycles. The summed E-state index contributed by atoms with van der Waals surface area (Å²) in [5, 5.41) is -1.10. The Balaban J connectivity index is 0. The van der Waals surface area contributed by atoms with E-state index in [9.17, 15) is 9.13 Å². The maximum absolute atomic E-state index is 10.1. The molecule has 0 amide bonds. The summed E-state index contributed by atoms with van der Waals surface area (Å²) >= 11 is 0. The molecule has 0 spiro atoms. The maximum Gasteiger partial charge on any atom is 0.196 e. The minimum Gasteiger partial charge on any atom is -0.346 e. The first kappa shape index (κ1) is 14.9. The second-order valence-electron chi connectivity index (χ2n) is 1.64. The van der Waals surface area contributed by atoms with Gasteiger partial charge in [0.1, 0.15) is 0 Å². The van der Waals surface area contributed by atoms with E-state index in [2.05, 4.69) is 0 Å². The summed E-state index contributed by atoms with van der Waals surface area (Å²) in [5.41, 5.74) is 0. The fourth-order valence-corrected chi connectivity index (χ4v) is 1.53. The molecule has 0 fully saturated rings. The molecule has 0 atom stereocenters. The Morgan fingerprint density at radius 1 is 1.00 bits per heavy atom. The van der Waals surface area contributed by atoms with Gasteiger partial charge in [-0.2, -0.15) is 6.92 Å². The van der Waals surface area contributed by atoms with Crippen LogP contribution in [-0.2, 0) is 41.8 Å². The molecule has 0 aromatic rings. The van der Waals surface area contributed by atoms with Crippen molar-refractivity contribution >= 4 is 15.2 Å². The number of rotatable bonds is 2. The Bertz CT molecular complexity index is 181. The van der Waals surface area contributed by atoms with Gasteiger partial charge in [0.15, 0.2) is 15.2 Å². The van der Waals surface area contributed by atoms with E-state index in [1.54, 1.807) is 0 Å². The second-order valence-corrected chi connectivity index (χ2v) is 5.51. The van der Waals surface area contributed by atoms with Gasteiger partial charge in [-0.1, -0.05) is 5.40 Å². The molecule has 0 rings (SSSR count). The van der Waals surface area contributed by atoms with Gasteiger partial charge in [-0.3, -0.25) is 9.13 Å². The van der Waals surface area contributed by atoms with Crippen molar-refractivity contribution < 1.29 is 61.4 Å². The van der Waals surface area contributed by atoms with Gasteiger partial charge < -0.3 is 19.6 Å². The van der Waals surface area contributed by atoms with Crippen molar-refractivity contribution in [3.8, 4) is 0 Å². The van der Waals surface area contributed by atoms with Crippen molar-refractivity contribution in [3.05, 3.63) is 5.40 Å². The van der Waals surface area contributed by atoms with Crippen LogP contribution < -0.4 is 0 Å². The fourth-order valence-electron chi connectivity index (χ4n) is 0.170. The smallest absolute Gasteiger partial charge is 0.196 e. The van der Waals surface area contributed by atoms with Gasteiger partial charge in [-0.05, 0) is 0 Å². The van der Waals surface area contributed by atoms with Gasteiger partial charge in [0.05, 0.1) is 0 Å². The van der Waals surface area contributed by atoms with E-state index < -0.39 is 20.6 Å². The standard InChI is InChI=1S/C2H7O6P2.Y/c1-2(9(3,4)5)10(6,7)8;/h1H3,(H2,3,4,5)(H2,6,7,8);/q-1;. The van der Waals surface area contributed by atoms with Crippen molar-refractivity contribution in [2.75, 3.05) is 0 Å². The van der Waals surface area contributed by atoms with E-state index >= 15 is 0 Å². The monoisotopic (exact) mass is 278 g/mol. The third-order valence-corrected chi connectivity index (χ3v) is 4.09. The molecule has 0 heterocycles. The van der Waals surface area contributed by atoms with E-state index in [1.807, 2.05) is 0 Å². The van der Waals surface area contributed by atoms with Gasteiger partial charge in [-0.25, -0.2) is 0 Å². The van der Waals surface area contributed by atoms with Crippen LogP contribution >= 0.6 is 15.2 Å². The normalized spacial score (nSPS) is 12.9. The molecule has 0 aromatic heterocycles. The zero-order chi connectivity index (χ0) is 8.58. The van der Waals surface area contributed by atoms with Crippen LogP contribution in [0.4, 0.5) is 0 Å². The Morgan fingerprint density at radius 3 is 1.18 bits per heavy atom. The molecule has 6 nitrogen and oxygen atoms in total. The molecular weight excluding hydrogens is 271 g/mol. The predicted octanol–water partition coefficient (Wildman–Crippen LogP) is -0.151. The van der Waals surface area contributed by atoms with E-state index in [-0.39, 0.29) is 32.7 Å². The first-order chi connectivity index (χ1) is 4.15. The van der Waals surface area contributed by atoms with Crippen LogP contribution in [0.25, 0.3) is 0 Å². The number of hydrogen-bond acceptors (Lipinski definition) is 2. The van der Waals surface area contributed by atoms with Crippen LogP contribution in [-0.4, -0.2) is 19.6 Å². The van der Waals surface area contributed by atoms with Crippen LogP contribution in [0.5, 0.6) is 0 Å².